The van der Waals surface area contributed by atoms with Gasteiger partial charge in [-0.15, -0.1) is 0 Å². The van der Waals surface area contributed by atoms with Gasteiger partial charge in [0.1, 0.15) is 34.3 Å². The van der Waals surface area contributed by atoms with Crippen molar-refractivity contribution in [2.75, 3.05) is 34.0 Å². The third-order valence-electron chi connectivity index (χ3n) is 9.00. The molecule has 0 N–H and O–H groups in total. The summed E-state index contributed by atoms with van der Waals surface area (Å²) in [5.41, 5.74) is 0.355. The van der Waals surface area contributed by atoms with Crippen LogP contribution >= 0.6 is 8.58 Å². The number of carbonyl (C=O) groups excluding carboxylic acids is 1. The first kappa shape index (κ1) is 43.2. The molecule has 4 unspecified atom stereocenters. The Morgan fingerprint density at radius 3 is 1.40 bits per heavy atom. The standard InChI is InChI=1S/C39H63O6P.Li.H/c1-9-15-19-29(12-4)26-43-32-24-35(44-27-30(13-5)20-16-10-2)38(36(25-32)45-28-31(14-6)21-17-11-3)46-39(40)37-33(41-7)22-18-23-34(37)42-8;;/h18,22-25,29-31,46H,9-17,19-21,26-28H2,1-8H3;;. The van der Waals surface area contributed by atoms with Gasteiger partial charge in [-0.3, -0.25) is 4.79 Å². The first-order chi connectivity index (χ1) is 22.4. The minimum absolute atomic E-state index is 0. The Morgan fingerprint density at radius 2 is 1.04 bits per heavy atom. The van der Waals surface area contributed by atoms with E-state index in [2.05, 4.69) is 41.5 Å². The molecule has 2 rings (SSSR count). The van der Waals surface area contributed by atoms with Crippen LogP contribution in [-0.2, 0) is 0 Å². The van der Waals surface area contributed by atoms with Gasteiger partial charge in [0.25, 0.3) is 0 Å². The van der Waals surface area contributed by atoms with E-state index in [4.69, 9.17) is 23.7 Å². The minimum atomic E-state index is -0.248. The molecule has 6 nitrogen and oxygen atoms in total. The predicted molar refractivity (Wildman–Crippen MR) is 202 cm³/mol. The Kier molecular flexibility index (Phi) is 23.1. The van der Waals surface area contributed by atoms with Crippen LogP contribution in [0.5, 0.6) is 28.7 Å². The molecule has 0 radical (unpaired) electrons. The average molecular weight is 667 g/mol. The fraction of sp³-hybridized carbons (Fsp3) is 0.667. The molecule has 0 fully saturated rings. The summed E-state index contributed by atoms with van der Waals surface area (Å²) in [5, 5.41) is 0.777. The molecular formula is C39H64LiO6P. The Hall–Kier alpha value is -1.86. The van der Waals surface area contributed by atoms with Crippen molar-refractivity contribution >= 4 is 38.3 Å². The summed E-state index contributed by atoms with van der Waals surface area (Å²) >= 11 is 0. The molecule has 0 aliphatic heterocycles. The molecule has 0 saturated heterocycles. The third kappa shape index (κ3) is 14.7. The zero-order valence-corrected chi connectivity index (χ0v) is 31.2. The first-order valence-corrected chi connectivity index (χ1v) is 19.0. The number of unbranched alkanes of at least 4 members (excludes halogenated alkanes) is 3. The summed E-state index contributed by atoms with van der Waals surface area (Å²) in [6.45, 7) is 15.2. The molecule has 8 heteroatoms. The van der Waals surface area contributed by atoms with E-state index in [-0.39, 0.29) is 33.0 Å². The van der Waals surface area contributed by atoms with Crippen molar-refractivity contribution in [3.63, 3.8) is 0 Å². The molecule has 0 heterocycles. The van der Waals surface area contributed by atoms with E-state index in [0.717, 1.165) is 62.4 Å². The summed E-state index contributed by atoms with van der Waals surface area (Å²) < 4.78 is 31.0. The quantitative estimate of drug-likeness (QED) is 0.0736. The normalized spacial score (nSPS) is 13.1. The van der Waals surface area contributed by atoms with Crippen LogP contribution in [0.15, 0.2) is 30.3 Å². The second-order valence-electron chi connectivity index (χ2n) is 12.5. The van der Waals surface area contributed by atoms with Crippen molar-refractivity contribution in [3.05, 3.63) is 35.9 Å². The summed E-state index contributed by atoms with van der Waals surface area (Å²) in [6.07, 6.45) is 13.6. The zero-order valence-electron chi connectivity index (χ0n) is 30.2. The molecule has 0 amide bonds. The Balaban J connectivity index is 0.0000110. The van der Waals surface area contributed by atoms with Crippen molar-refractivity contribution in [2.24, 2.45) is 17.8 Å². The fourth-order valence-electron chi connectivity index (χ4n) is 5.57. The number of benzene rings is 2. The first-order valence-electron chi connectivity index (χ1n) is 18.0. The number of hydrogen-bond donors (Lipinski definition) is 0. The van der Waals surface area contributed by atoms with Crippen LogP contribution in [0.4, 0.5) is 0 Å². The summed E-state index contributed by atoms with van der Waals surface area (Å²) in [5.74, 6) is 4.44. The van der Waals surface area contributed by atoms with E-state index < -0.39 is 0 Å². The molecule has 0 aromatic heterocycles. The molecular weight excluding hydrogens is 602 g/mol. The second-order valence-corrected chi connectivity index (χ2v) is 13.7. The van der Waals surface area contributed by atoms with Gasteiger partial charge >= 0.3 is 18.9 Å². The maximum absolute atomic E-state index is 14.1. The number of ether oxygens (including phenoxy) is 5. The van der Waals surface area contributed by atoms with E-state index in [9.17, 15) is 4.79 Å². The van der Waals surface area contributed by atoms with E-state index in [1.165, 1.54) is 25.7 Å². The molecule has 262 valence electrons. The van der Waals surface area contributed by atoms with Crippen LogP contribution in [0, 0.1) is 17.8 Å². The number of rotatable bonds is 26. The van der Waals surface area contributed by atoms with Crippen molar-refractivity contribution in [1.29, 1.82) is 0 Å². The molecule has 0 saturated carbocycles. The third-order valence-corrected chi connectivity index (χ3v) is 10.2. The van der Waals surface area contributed by atoms with Gasteiger partial charge in [0.15, 0.2) is 5.52 Å². The van der Waals surface area contributed by atoms with Crippen LogP contribution < -0.4 is 29.0 Å². The van der Waals surface area contributed by atoms with Gasteiger partial charge in [0, 0.05) is 12.1 Å². The van der Waals surface area contributed by atoms with Gasteiger partial charge in [0.05, 0.1) is 39.3 Å². The number of methoxy groups -OCH3 is 2. The van der Waals surface area contributed by atoms with Crippen molar-refractivity contribution in [1.82, 2.24) is 0 Å². The van der Waals surface area contributed by atoms with Gasteiger partial charge in [-0.1, -0.05) is 105 Å². The Labute approximate surface area is 300 Å². The molecule has 0 spiro atoms. The Bertz CT molecular complexity index is 1080. The van der Waals surface area contributed by atoms with Crippen molar-refractivity contribution in [3.8, 4) is 28.7 Å². The van der Waals surface area contributed by atoms with Crippen LogP contribution in [0.3, 0.4) is 0 Å². The molecule has 2 aromatic carbocycles. The topological polar surface area (TPSA) is 63.2 Å². The monoisotopic (exact) mass is 666 g/mol. The Morgan fingerprint density at radius 1 is 0.638 bits per heavy atom. The van der Waals surface area contributed by atoms with Crippen LogP contribution in [0.25, 0.3) is 0 Å². The van der Waals surface area contributed by atoms with Crippen LogP contribution in [-0.4, -0.2) is 58.4 Å². The second kappa shape index (κ2) is 25.2. The molecule has 0 aliphatic carbocycles. The van der Waals surface area contributed by atoms with Crippen molar-refractivity contribution in [2.45, 2.75) is 119 Å². The fourth-order valence-corrected chi connectivity index (χ4v) is 6.71. The van der Waals surface area contributed by atoms with Gasteiger partial charge in [-0.05, 0) is 57.7 Å². The van der Waals surface area contributed by atoms with Crippen molar-refractivity contribution < 1.29 is 28.5 Å². The number of hydrogen-bond acceptors (Lipinski definition) is 6. The van der Waals surface area contributed by atoms with Gasteiger partial charge in [-0.25, -0.2) is 0 Å². The molecule has 0 bridgehead atoms. The SMILES string of the molecule is CCCCC(CC)COc1cc(OCC(CC)CCCC)c(PC(=O)c2c(OC)cccc2OC)c(OCC(CC)CCCC)c1.[LiH]. The van der Waals surface area contributed by atoms with Crippen LogP contribution in [0.1, 0.15) is 129 Å². The summed E-state index contributed by atoms with van der Waals surface area (Å²) in [6, 6.07) is 9.39. The maximum atomic E-state index is 14.1. The molecule has 4 atom stereocenters. The summed E-state index contributed by atoms with van der Waals surface area (Å²) in [7, 11) is 2.91. The van der Waals surface area contributed by atoms with E-state index in [0.29, 0.717) is 66.1 Å². The van der Waals surface area contributed by atoms with Crippen LogP contribution in [0.2, 0.25) is 0 Å². The average Bonchev–Trinajstić information content (AvgIpc) is 3.08. The van der Waals surface area contributed by atoms with Gasteiger partial charge in [-0.2, -0.15) is 0 Å². The molecule has 47 heavy (non-hydrogen) atoms. The van der Waals surface area contributed by atoms with E-state index in [1.54, 1.807) is 26.4 Å². The number of carbonyl (C=O) groups is 1. The van der Waals surface area contributed by atoms with E-state index >= 15 is 0 Å². The van der Waals surface area contributed by atoms with E-state index in [1.807, 2.05) is 18.2 Å². The van der Waals surface area contributed by atoms with Gasteiger partial charge < -0.3 is 23.7 Å². The predicted octanol–water partition coefficient (Wildman–Crippen LogP) is 9.99. The van der Waals surface area contributed by atoms with Gasteiger partial charge in [0.2, 0.25) is 0 Å². The zero-order chi connectivity index (χ0) is 33.7. The summed E-state index contributed by atoms with van der Waals surface area (Å²) in [4.78, 5) is 14.1. The molecule has 0 aliphatic rings. The molecule has 2 aromatic rings.